The van der Waals surface area contributed by atoms with E-state index < -0.39 is 12.1 Å². The van der Waals surface area contributed by atoms with E-state index in [4.69, 9.17) is 9.47 Å². The van der Waals surface area contributed by atoms with Crippen molar-refractivity contribution in [1.82, 2.24) is 0 Å². The molecule has 0 radical (unpaired) electrons. The quantitative estimate of drug-likeness (QED) is 0.789. The molecule has 138 valence electrons. The lowest BCUT2D eigenvalue weighted by Crippen LogP contribution is -2.30. The van der Waals surface area contributed by atoms with E-state index in [2.05, 4.69) is 5.32 Å². The summed E-state index contributed by atoms with van der Waals surface area (Å²) in [6, 6.07) is 10.9. The molecule has 2 rings (SSSR count). The Kier molecular flexibility index (Phi) is 6.39. The summed E-state index contributed by atoms with van der Waals surface area (Å²) in [5, 5.41) is 2.83. The number of esters is 1. The molecule has 0 saturated heterocycles. The second-order valence-corrected chi connectivity index (χ2v) is 6.27. The van der Waals surface area contributed by atoms with Crippen LogP contribution in [0.3, 0.4) is 0 Å². The molecule has 0 heterocycles. The van der Waals surface area contributed by atoms with Crippen LogP contribution in [0.2, 0.25) is 0 Å². The summed E-state index contributed by atoms with van der Waals surface area (Å²) in [4.78, 5) is 24.4. The van der Waals surface area contributed by atoms with Gasteiger partial charge in [-0.3, -0.25) is 4.79 Å². The van der Waals surface area contributed by atoms with Crippen LogP contribution in [-0.4, -0.2) is 24.6 Å². The largest absolute Gasteiger partial charge is 0.481 e. The maximum absolute atomic E-state index is 12.5. The molecule has 2 aromatic carbocycles. The summed E-state index contributed by atoms with van der Waals surface area (Å²) in [5.41, 5.74) is 3.85. The third kappa shape index (κ3) is 4.85. The first-order chi connectivity index (χ1) is 12.3. The molecule has 1 atom stereocenters. The Bertz CT molecular complexity index is 814. The van der Waals surface area contributed by atoms with Gasteiger partial charge in [0.25, 0.3) is 5.91 Å². The second-order valence-electron chi connectivity index (χ2n) is 6.27. The second kappa shape index (κ2) is 8.52. The van der Waals surface area contributed by atoms with Crippen molar-refractivity contribution in [3.8, 4) is 5.75 Å². The van der Waals surface area contributed by atoms with Gasteiger partial charge < -0.3 is 14.8 Å². The molecule has 5 nitrogen and oxygen atoms in total. The minimum Gasteiger partial charge on any atom is -0.481 e. The third-order valence-electron chi connectivity index (χ3n) is 4.02. The van der Waals surface area contributed by atoms with E-state index in [1.54, 1.807) is 32.0 Å². The molecule has 0 fully saturated rings. The van der Waals surface area contributed by atoms with Crippen molar-refractivity contribution in [2.75, 3.05) is 11.9 Å². The van der Waals surface area contributed by atoms with Crippen molar-refractivity contribution in [2.45, 2.75) is 40.7 Å². The van der Waals surface area contributed by atoms with Gasteiger partial charge in [0.2, 0.25) is 0 Å². The number of anilines is 1. The smallest absolute Gasteiger partial charge is 0.338 e. The van der Waals surface area contributed by atoms with E-state index >= 15 is 0 Å². The van der Waals surface area contributed by atoms with Crippen molar-refractivity contribution < 1.29 is 19.1 Å². The summed E-state index contributed by atoms with van der Waals surface area (Å²) in [5.74, 6) is -0.0117. The number of aryl methyl sites for hydroxylation is 3. The zero-order chi connectivity index (χ0) is 19.3. The number of amides is 1. The Labute approximate surface area is 154 Å². The van der Waals surface area contributed by atoms with Gasteiger partial charge in [-0.05, 0) is 69.5 Å². The molecule has 5 heteroatoms. The number of nitrogens with one attached hydrogen (secondary N) is 1. The summed E-state index contributed by atoms with van der Waals surface area (Å²) >= 11 is 0. The first-order valence-corrected chi connectivity index (χ1v) is 8.64. The van der Waals surface area contributed by atoms with Gasteiger partial charge in [0.15, 0.2) is 6.10 Å². The van der Waals surface area contributed by atoms with Crippen LogP contribution in [0.1, 0.15) is 40.9 Å². The molecule has 0 aliphatic heterocycles. The number of hydrogen-bond acceptors (Lipinski definition) is 4. The van der Waals surface area contributed by atoms with Gasteiger partial charge in [-0.2, -0.15) is 0 Å². The van der Waals surface area contributed by atoms with Crippen molar-refractivity contribution in [3.63, 3.8) is 0 Å². The molecule has 1 unspecified atom stereocenters. The van der Waals surface area contributed by atoms with Gasteiger partial charge in [0.05, 0.1) is 12.2 Å². The monoisotopic (exact) mass is 355 g/mol. The molecule has 0 saturated carbocycles. The molecule has 0 bridgehead atoms. The average Bonchev–Trinajstić information content (AvgIpc) is 2.60. The van der Waals surface area contributed by atoms with E-state index in [0.717, 1.165) is 16.7 Å². The van der Waals surface area contributed by atoms with Crippen molar-refractivity contribution in [2.24, 2.45) is 0 Å². The molecule has 0 aliphatic rings. The molecule has 2 aromatic rings. The fourth-order valence-corrected chi connectivity index (χ4v) is 2.41. The van der Waals surface area contributed by atoms with Crippen LogP contribution in [0.15, 0.2) is 36.4 Å². The van der Waals surface area contributed by atoms with Crippen LogP contribution in [0.25, 0.3) is 0 Å². The number of carbonyl (C=O) groups excluding carboxylic acids is 2. The maximum Gasteiger partial charge on any atom is 0.338 e. The zero-order valence-corrected chi connectivity index (χ0v) is 15.9. The van der Waals surface area contributed by atoms with Crippen LogP contribution < -0.4 is 10.1 Å². The van der Waals surface area contributed by atoms with Crippen LogP contribution in [0.5, 0.6) is 5.75 Å². The van der Waals surface area contributed by atoms with Crippen LogP contribution in [0, 0.1) is 20.8 Å². The normalized spacial score (nSPS) is 11.6. The number of benzene rings is 2. The molecular weight excluding hydrogens is 330 g/mol. The van der Waals surface area contributed by atoms with E-state index in [0.29, 0.717) is 23.6 Å². The van der Waals surface area contributed by atoms with Gasteiger partial charge in [0.1, 0.15) is 5.75 Å². The SMILES string of the molecule is CCOC(=O)c1ccc(C)c(NC(=O)C(C)Oc2cc(C)ccc2C)c1. The Morgan fingerprint density at radius 2 is 1.73 bits per heavy atom. The Hall–Kier alpha value is -2.82. The molecule has 0 spiro atoms. The zero-order valence-electron chi connectivity index (χ0n) is 15.9. The molecule has 1 amide bonds. The third-order valence-corrected chi connectivity index (χ3v) is 4.02. The van der Waals surface area contributed by atoms with Gasteiger partial charge in [-0.15, -0.1) is 0 Å². The highest BCUT2D eigenvalue weighted by Gasteiger charge is 2.18. The van der Waals surface area contributed by atoms with Crippen molar-refractivity contribution in [1.29, 1.82) is 0 Å². The number of rotatable bonds is 6. The Morgan fingerprint density at radius 3 is 2.42 bits per heavy atom. The van der Waals surface area contributed by atoms with E-state index in [-0.39, 0.29) is 5.91 Å². The molecule has 0 aliphatic carbocycles. The lowest BCUT2D eigenvalue weighted by atomic mass is 10.1. The Morgan fingerprint density at radius 1 is 1.04 bits per heavy atom. The molecule has 0 aromatic heterocycles. The predicted molar refractivity (Wildman–Crippen MR) is 102 cm³/mol. The maximum atomic E-state index is 12.5. The standard InChI is InChI=1S/C21H25NO4/c1-6-25-21(24)17-10-9-14(3)18(12-17)22-20(23)16(5)26-19-11-13(2)7-8-15(19)4/h7-12,16H,6H2,1-5H3,(H,22,23). The summed E-state index contributed by atoms with van der Waals surface area (Å²) in [6.07, 6.45) is -0.679. The minimum absolute atomic E-state index is 0.282. The van der Waals surface area contributed by atoms with E-state index in [1.165, 1.54) is 0 Å². The Balaban J connectivity index is 2.12. The lowest BCUT2D eigenvalue weighted by Gasteiger charge is -2.18. The number of ether oxygens (including phenoxy) is 2. The highest BCUT2D eigenvalue weighted by atomic mass is 16.5. The van der Waals surface area contributed by atoms with Gasteiger partial charge in [-0.1, -0.05) is 18.2 Å². The fourth-order valence-electron chi connectivity index (χ4n) is 2.41. The average molecular weight is 355 g/mol. The molecule has 1 N–H and O–H groups in total. The first-order valence-electron chi connectivity index (χ1n) is 8.64. The number of hydrogen-bond donors (Lipinski definition) is 1. The van der Waals surface area contributed by atoms with E-state index in [9.17, 15) is 9.59 Å². The van der Waals surface area contributed by atoms with Gasteiger partial charge in [0, 0.05) is 5.69 Å². The van der Waals surface area contributed by atoms with Crippen molar-refractivity contribution in [3.05, 3.63) is 58.7 Å². The topological polar surface area (TPSA) is 64.6 Å². The molecule has 26 heavy (non-hydrogen) atoms. The molecular formula is C21H25NO4. The lowest BCUT2D eigenvalue weighted by molar-refractivity contribution is -0.122. The minimum atomic E-state index is -0.679. The van der Waals surface area contributed by atoms with Crippen molar-refractivity contribution >= 4 is 17.6 Å². The van der Waals surface area contributed by atoms with E-state index in [1.807, 2.05) is 39.0 Å². The summed E-state index contributed by atoms with van der Waals surface area (Å²) < 4.78 is 10.8. The highest BCUT2D eigenvalue weighted by Crippen LogP contribution is 2.22. The van der Waals surface area contributed by atoms with Crippen LogP contribution in [0.4, 0.5) is 5.69 Å². The van der Waals surface area contributed by atoms with Gasteiger partial charge in [-0.25, -0.2) is 4.79 Å². The summed E-state index contributed by atoms with van der Waals surface area (Å²) in [6.45, 7) is 9.52. The van der Waals surface area contributed by atoms with Crippen LogP contribution in [-0.2, 0) is 9.53 Å². The number of carbonyl (C=O) groups is 2. The first kappa shape index (κ1) is 19.5. The van der Waals surface area contributed by atoms with Crippen LogP contribution >= 0.6 is 0 Å². The predicted octanol–water partition coefficient (Wildman–Crippen LogP) is 4.19. The highest BCUT2D eigenvalue weighted by molar-refractivity contribution is 5.97. The van der Waals surface area contributed by atoms with Gasteiger partial charge >= 0.3 is 5.97 Å². The summed E-state index contributed by atoms with van der Waals surface area (Å²) in [7, 11) is 0. The fraction of sp³-hybridized carbons (Fsp3) is 0.333.